The standard InChI is InChI=1S/C17H22N4O2S/c1-3-18-17(22)21-10-4-5-13(11-21)16-20-19-15(24-16)12-6-8-14(23-2)9-7-12/h6-9,13H,3-5,10-11H2,1-2H3,(H,18,22). The Morgan fingerprint density at radius 3 is 2.88 bits per heavy atom. The molecule has 2 aromatic rings. The zero-order chi connectivity index (χ0) is 16.9. The van der Waals surface area contributed by atoms with Crippen LogP contribution >= 0.6 is 11.3 Å². The van der Waals surface area contributed by atoms with Crippen molar-refractivity contribution < 1.29 is 9.53 Å². The number of aromatic nitrogens is 2. The fourth-order valence-electron chi connectivity index (χ4n) is 2.88. The van der Waals surface area contributed by atoms with Crippen LogP contribution < -0.4 is 10.1 Å². The van der Waals surface area contributed by atoms with Gasteiger partial charge in [-0.2, -0.15) is 0 Å². The maximum Gasteiger partial charge on any atom is 0.317 e. The molecule has 7 heteroatoms. The van der Waals surface area contributed by atoms with Gasteiger partial charge in [0.2, 0.25) is 0 Å². The maximum absolute atomic E-state index is 12.0. The van der Waals surface area contributed by atoms with Crippen molar-refractivity contribution >= 4 is 17.4 Å². The second kappa shape index (κ2) is 7.61. The molecule has 1 N–H and O–H groups in total. The lowest BCUT2D eigenvalue weighted by Gasteiger charge is -2.31. The molecule has 1 fully saturated rings. The van der Waals surface area contributed by atoms with Crippen LogP contribution in [0.2, 0.25) is 0 Å². The number of carbonyl (C=O) groups excluding carboxylic acids is 1. The molecule has 0 bridgehead atoms. The molecular formula is C17H22N4O2S. The van der Waals surface area contributed by atoms with Crippen LogP contribution in [0, 0.1) is 0 Å². The van der Waals surface area contributed by atoms with Crippen molar-refractivity contribution in [3.8, 4) is 16.3 Å². The summed E-state index contributed by atoms with van der Waals surface area (Å²) in [5.41, 5.74) is 1.04. The predicted molar refractivity (Wildman–Crippen MR) is 94.5 cm³/mol. The van der Waals surface area contributed by atoms with Crippen molar-refractivity contribution in [2.24, 2.45) is 0 Å². The number of methoxy groups -OCH3 is 1. The van der Waals surface area contributed by atoms with Crippen molar-refractivity contribution in [3.63, 3.8) is 0 Å². The number of nitrogens with zero attached hydrogens (tertiary/aromatic N) is 3. The smallest absolute Gasteiger partial charge is 0.317 e. The van der Waals surface area contributed by atoms with Crippen LogP contribution in [0.1, 0.15) is 30.7 Å². The van der Waals surface area contributed by atoms with Crippen LogP contribution in [0.3, 0.4) is 0 Å². The Kier molecular flexibility index (Phi) is 5.30. The monoisotopic (exact) mass is 346 g/mol. The lowest BCUT2D eigenvalue weighted by molar-refractivity contribution is 0.180. The van der Waals surface area contributed by atoms with E-state index in [1.165, 1.54) is 0 Å². The summed E-state index contributed by atoms with van der Waals surface area (Å²) in [7, 11) is 1.65. The molecule has 24 heavy (non-hydrogen) atoms. The Hall–Kier alpha value is -2.15. The molecule has 0 saturated carbocycles. The molecule has 0 aliphatic carbocycles. The van der Waals surface area contributed by atoms with E-state index in [1.807, 2.05) is 36.1 Å². The molecule has 3 rings (SSSR count). The topological polar surface area (TPSA) is 67.4 Å². The quantitative estimate of drug-likeness (QED) is 0.923. The van der Waals surface area contributed by atoms with E-state index in [2.05, 4.69) is 15.5 Å². The van der Waals surface area contributed by atoms with Gasteiger partial charge in [-0.25, -0.2) is 4.79 Å². The molecule has 1 aromatic heterocycles. The number of hydrogen-bond acceptors (Lipinski definition) is 5. The first-order valence-corrected chi connectivity index (χ1v) is 9.03. The normalized spacial score (nSPS) is 17.6. The van der Waals surface area contributed by atoms with Crippen LogP contribution in [0.4, 0.5) is 4.79 Å². The van der Waals surface area contributed by atoms with Crippen molar-refractivity contribution in [1.82, 2.24) is 20.4 Å². The minimum Gasteiger partial charge on any atom is -0.497 e. The minimum atomic E-state index is 0.0158. The van der Waals surface area contributed by atoms with E-state index in [-0.39, 0.29) is 11.9 Å². The SMILES string of the molecule is CCNC(=O)N1CCCC(c2nnc(-c3ccc(OC)cc3)s2)C1. The van der Waals surface area contributed by atoms with Crippen LogP contribution in [0.5, 0.6) is 5.75 Å². The molecule has 2 amide bonds. The molecular weight excluding hydrogens is 324 g/mol. The van der Waals surface area contributed by atoms with Gasteiger partial charge < -0.3 is 15.0 Å². The number of nitrogens with one attached hydrogen (secondary N) is 1. The van der Waals surface area contributed by atoms with Gasteiger partial charge in [-0.3, -0.25) is 0 Å². The van der Waals surface area contributed by atoms with E-state index in [9.17, 15) is 4.79 Å². The van der Waals surface area contributed by atoms with Crippen molar-refractivity contribution in [2.45, 2.75) is 25.7 Å². The van der Waals surface area contributed by atoms with Crippen LogP contribution in [0.25, 0.3) is 10.6 Å². The van der Waals surface area contributed by atoms with E-state index in [0.717, 1.165) is 40.7 Å². The molecule has 6 nitrogen and oxygen atoms in total. The number of carbonyl (C=O) groups is 1. The van der Waals surface area contributed by atoms with Gasteiger partial charge in [-0.1, -0.05) is 11.3 Å². The van der Waals surface area contributed by atoms with Gasteiger partial charge in [-0.15, -0.1) is 10.2 Å². The van der Waals surface area contributed by atoms with Gasteiger partial charge in [0.05, 0.1) is 7.11 Å². The highest BCUT2D eigenvalue weighted by Crippen LogP contribution is 2.33. The Morgan fingerprint density at radius 2 is 2.17 bits per heavy atom. The number of amides is 2. The molecule has 0 radical (unpaired) electrons. The van der Waals surface area contributed by atoms with Crippen molar-refractivity contribution in [3.05, 3.63) is 29.3 Å². The first kappa shape index (κ1) is 16.7. The summed E-state index contributed by atoms with van der Waals surface area (Å²) in [6, 6.07) is 7.85. The maximum atomic E-state index is 12.0. The minimum absolute atomic E-state index is 0.0158. The second-order valence-electron chi connectivity index (χ2n) is 5.79. The summed E-state index contributed by atoms with van der Waals surface area (Å²) >= 11 is 1.61. The largest absolute Gasteiger partial charge is 0.497 e. The lowest BCUT2D eigenvalue weighted by atomic mass is 9.99. The summed E-state index contributed by atoms with van der Waals surface area (Å²) in [6.45, 7) is 4.11. The Balaban J connectivity index is 1.71. The number of piperidine rings is 1. The molecule has 1 aromatic carbocycles. The van der Waals surface area contributed by atoms with Crippen LogP contribution in [0.15, 0.2) is 24.3 Å². The van der Waals surface area contributed by atoms with Gasteiger partial charge in [0.15, 0.2) is 0 Å². The fourth-order valence-corrected chi connectivity index (χ4v) is 3.85. The average molecular weight is 346 g/mol. The highest BCUT2D eigenvalue weighted by Gasteiger charge is 2.27. The third-order valence-electron chi connectivity index (χ3n) is 4.16. The molecule has 128 valence electrons. The van der Waals surface area contributed by atoms with Gasteiger partial charge >= 0.3 is 6.03 Å². The van der Waals surface area contributed by atoms with Crippen LogP contribution in [-0.2, 0) is 0 Å². The highest BCUT2D eigenvalue weighted by molar-refractivity contribution is 7.14. The predicted octanol–water partition coefficient (Wildman–Crippen LogP) is 3.12. The van der Waals surface area contributed by atoms with Gasteiger partial charge in [0.25, 0.3) is 0 Å². The van der Waals surface area contributed by atoms with Gasteiger partial charge in [0, 0.05) is 31.1 Å². The molecule has 1 unspecified atom stereocenters. The second-order valence-corrected chi connectivity index (χ2v) is 6.80. The van der Waals surface area contributed by atoms with Crippen molar-refractivity contribution in [1.29, 1.82) is 0 Å². The first-order chi connectivity index (χ1) is 11.7. The Labute approximate surface area is 145 Å². The van der Waals surface area contributed by atoms with E-state index in [0.29, 0.717) is 13.1 Å². The third-order valence-corrected chi connectivity index (χ3v) is 5.30. The summed E-state index contributed by atoms with van der Waals surface area (Å²) < 4.78 is 5.18. The molecule has 1 atom stereocenters. The molecule has 1 saturated heterocycles. The van der Waals surface area contributed by atoms with Gasteiger partial charge in [0.1, 0.15) is 15.8 Å². The third kappa shape index (κ3) is 3.67. The number of ether oxygens (including phenoxy) is 1. The molecule has 2 heterocycles. The Morgan fingerprint density at radius 1 is 1.38 bits per heavy atom. The van der Waals surface area contributed by atoms with Gasteiger partial charge in [-0.05, 0) is 44.0 Å². The van der Waals surface area contributed by atoms with Crippen molar-refractivity contribution in [2.75, 3.05) is 26.7 Å². The molecule has 1 aliphatic rings. The fraction of sp³-hybridized carbons (Fsp3) is 0.471. The summed E-state index contributed by atoms with van der Waals surface area (Å²) in [6.07, 6.45) is 2.05. The summed E-state index contributed by atoms with van der Waals surface area (Å²) in [4.78, 5) is 13.9. The number of likely N-dealkylation sites (tertiary alicyclic amines) is 1. The number of urea groups is 1. The van der Waals surface area contributed by atoms with E-state index >= 15 is 0 Å². The number of hydrogen-bond donors (Lipinski definition) is 1. The molecule has 1 aliphatic heterocycles. The van der Waals surface area contributed by atoms with E-state index in [1.54, 1.807) is 18.4 Å². The van der Waals surface area contributed by atoms with Crippen LogP contribution in [-0.4, -0.2) is 47.9 Å². The average Bonchev–Trinajstić information content (AvgIpc) is 3.12. The lowest BCUT2D eigenvalue weighted by Crippen LogP contribution is -2.44. The highest BCUT2D eigenvalue weighted by atomic mass is 32.1. The van der Waals surface area contributed by atoms with E-state index in [4.69, 9.17) is 4.74 Å². The number of rotatable bonds is 4. The zero-order valence-electron chi connectivity index (χ0n) is 14.0. The first-order valence-electron chi connectivity index (χ1n) is 8.22. The number of benzene rings is 1. The summed E-state index contributed by atoms with van der Waals surface area (Å²) in [5.74, 6) is 1.10. The molecule has 0 spiro atoms. The zero-order valence-corrected chi connectivity index (χ0v) is 14.8. The Bertz CT molecular complexity index is 686. The van der Waals surface area contributed by atoms with E-state index < -0.39 is 0 Å². The summed E-state index contributed by atoms with van der Waals surface area (Å²) in [5, 5.41) is 13.5.